The molecule has 2 aromatic heterocycles. The highest BCUT2D eigenvalue weighted by molar-refractivity contribution is 7.09. The number of para-hydroxylation sites is 2. The Bertz CT molecular complexity index is 1200. The van der Waals surface area contributed by atoms with Crippen molar-refractivity contribution < 1.29 is 13.9 Å². The van der Waals surface area contributed by atoms with Crippen LogP contribution < -0.4 is 10.2 Å². The number of rotatable bonds is 6. The van der Waals surface area contributed by atoms with E-state index in [1.54, 1.807) is 47.6 Å². The summed E-state index contributed by atoms with van der Waals surface area (Å²) in [5.74, 6) is 0.392. The lowest BCUT2D eigenvalue weighted by atomic mass is 10.1. The van der Waals surface area contributed by atoms with E-state index >= 15 is 0 Å². The number of fused-ring (bicyclic) bond motifs is 1. The second kappa shape index (κ2) is 8.32. The van der Waals surface area contributed by atoms with Crippen LogP contribution in [0.1, 0.15) is 21.0 Å². The van der Waals surface area contributed by atoms with E-state index in [-0.39, 0.29) is 17.1 Å². The molecule has 0 aliphatic rings. The number of amides is 1. The molecular weight excluding hydrogens is 386 g/mol. The number of hydrogen-bond acceptors (Lipinski definition) is 5. The summed E-state index contributed by atoms with van der Waals surface area (Å²) >= 11 is 1.57. The summed E-state index contributed by atoms with van der Waals surface area (Å²) in [6.07, 6.45) is 0. The molecule has 0 atom stereocenters. The number of carbonyl (C=O) groups excluding carboxylic acids is 1. The van der Waals surface area contributed by atoms with Gasteiger partial charge >= 0.3 is 0 Å². The summed E-state index contributed by atoms with van der Waals surface area (Å²) in [5.41, 5.74) is 1.04. The quantitative estimate of drug-likeness (QED) is 0.466. The summed E-state index contributed by atoms with van der Waals surface area (Å²) in [6.45, 7) is 0.738. The summed E-state index contributed by atoms with van der Waals surface area (Å²) in [7, 11) is 1.60. The Balaban J connectivity index is 1.72. The fourth-order valence-electron chi connectivity index (χ4n) is 3.19. The van der Waals surface area contributed by atoms with Crippen LogP contribution in [0.2, 0.25) is 0 Å². The molecule has 0 saturated carbocycles. The molecule has 0 spiro atoms. The summed E-state index contributed by atoms with van der Waals surface area (Å²) < 4.78 is 11.2. The van der Waals surface area contributed by atoms with Gasteiger partial charge in [-0.1, -0.05) is 36.4 Å². The number of thiophene rings is 1. The molecule has 2 heterocycles. The van der Waals surface area contributed by atoms with Crippen molar-refractivity contribution in [3.63, 3.8) is 0 Å². The third-order valence-electron chi connectivity index (χ3n) is 4.61. The molecule has 4 aromatic rings. The Morgan fingerprint density at radius 2 is 1.83 bits per heavy atom. The zero-order valence-electron chi connectivity index (χ0n) is 15.8. The molecule has 0 fully saturated rings. The van der Waals surface area contributed by atoms with Gasteiger partial charge in [0.1, 0.15) is 11.3 Å². The Hall–Kier alpha value is -3.38. The zero-order chi connectivity index (χ0) is 20.2. The van der Waals surface area contributed by atoms with Gasteiger partial charge in [-0.25, -0.2) is 0 Å². The lowest BCUT2D eigenvalue weighted by Crippen LogP contribution is -2.30. The minimum absolute atomic E-state index is 0.0279. The molecule has 4 rings (SSSR count). The average molecular weight is 405 g/mol. The molecule has 146 valence electrons. The summed E-state index contributed by atoms with van der Waals surface area (Å²) in [4.78, 5) is 28.5. The molecule has 29 heavy (non-hydrogen) atoms. The monoisotopic (exact) mass is 405 g/mol. The first-order chi connectivity index (χ1) is 14.2. The molecule has 0 saturated heterocycles. The molecule has 6 heteroatoms. The van der Waals surface area contributed by atoms with E-state index in [4.69, 9.17) is 9.15 Å². The maximum absolute atomic E-state index is 13.3. The van der Waals surface area contributed by atoms with Crippen molar-refractivity contribution in [3.8, 4) is 5.75 Å². The zero-order valence-corrected chi connectivity index (χ0v) is 16.6. The molecule has 0 unspecified atom stereocenters. The third kappa shape index (κ3) is 4.07. The van der Waals surface area contributed by atoms with E-state index in [0.717, 1.165) is 10.4 Å². The van der Waals surface area contributed by atoms with E-state index in [1.165, 1.54) is 6.07 Å². The average Bonchev–Trinajstić information content (AvgIpc) is 3.26. The highest BCUT2D eigenvalue weighted by atomic mass is 32.1. The predicted octanol–water partition coefficient (Wildman–Crippen LogP) is 4.71. The van der Waals surface area contributed by atoms with Gasteiger partial charge in [-0.2, -0.15) is 0 Å². The highest BCUT2D eigenvalue weighted by Gasteiger charge is 2.22. The van der Waals surface area contributed by atoms with Crippen LogP contribution >= 0.6 is 11.3 Å². The largest absolute Gasteiger partial charge is 0.496 e. The predicted molar refractivity (Wildman–Crippen MR) is 113 cm³/mol. The van der Waals surface area contributed by atoms with Crippen LogP contribution in [0.15, 0.2) is 81.3 Å². The Kier molecular flexibility index (Phi) is 5.44. The molecular formula is C23H19NO4S. The smallest absolute Gasteiger partial charge is 0.290 e. The van der Waals surface area contributed by atoms with Crippen LogP contribution in [-0.4, -0.2) is 17.9 Å². The molecule has 2 aromatic carbocycles. The van der Waals surface area contributed by atoms with Crippen LogP contribution in [0.4, 0.5) is 0 Å². The van der Waals surface area contributed by atoms with Gasteiger partial charge in [0.25, 0.3) is 5.91 Å². The van der Waals surface area contributed by atoms with Crippen molar-refractivity contribution in [2.45, 2.75) is 13.1 Å². The van der Waals surface area contributed by atoms with Crippen LogP contribution in [0.3, 0.4) is 0 Å². The van der Waals surface area contributed by atoms with Gasteiger partial charge in [0.2, 0.25) is 0 Å². The van der Waals surface area contributed by atoms with Crippen molar-refractivity contribution in [1.82, 2.24) is 4.90 Å². The molecule has 0 aliphatic carbocycles. The van der Waals surface area contributed by atoms with Crippen LogP contribution in [0.25, 0.3) is 11.0 Å². The van der Waals surface area contributed by atoms with Gasteiger partial charge in [-0.3, -0.25) is 9.59 Å². The van der Waals surface area contributed by atoms with E-state index in [1.807, 2.05) is 41.8 Å². The third-order valence-corrected chi connectivity index (χ3v) is 5.47. The molecule has 0 aliphatic heterocycles. The van der Waals surface area contributed by atoms with Gasteiger partial charge in [0.15, 0.2) is 11.2 Å². The SMILES string of the molecule is COc1ccccc1CN(Cc1cccs1)C(=O)c1cc(=O)c2ccccc2o1. The van der Waals surface area contributed by atoms with E-state index in [0.29, 0.717) is 29.8 Å². The highest BCUT2D eigenvalue weighted by Crippen LogP contribution is 2.23. The summed E-state index contributed by atoms with van der Waals surface area (Å²) in [5, 5.41) is 2.43. The minimum Gasteiger partial charge on any atom is -0.496 e. The maximum Gasteiger partial charge on any atom is 0.290 e. The number of carbonyl (C=O) groups is 1. The molecule has 0 bridgehead atoms. The van der Waals surface area contributed by atoms with Crippen LogP contribution in [0, 0.1) is 0 Å². The second-order valence-electron chi connectivity index (χ2n) is 6.52. The van der Waals surface area contributed by atoms with Crippen molar-refractivity contribution in [2.75, 3.05) is 7.11 Å². The van der Waals surface area contributed by atoms with Gasteiger partial charge in [0, 0.05) is 16.5 Å². The topological polar surface area (TPSA) is 59.8 Å². The van der Waals surface area contributed by atoms with Crippen molar-refractivity contribution >= 4 is 28.2 Å². The lowest BCUT2D eigenvalue weighted by Gasteiger charge is -2.23. The van der Waals surface area contributed by atoms with E-state index in [2.05, 4.69) is 0 Å². The number of methoxy groups -OCH3 is 1. The fraction of sp³-hybridized carbons (Fsp3) is 0.130. The Morgan fingerprint density at radius 3 is 2.62 bits per heavy atom. The van der Waals surface area contributed by atoms with Crippen LogP contribution in [-0.2, 0) is 13.1 Å². The Morgan fingerprint density at radius 1 is 1.03 bits per heavy atom. The second-order valence-corrected chi connectivity index (χ2v) is 7.56. The standard InChI is InChI=1S/C23H19NO4S/c1-27-20-10-4-2-7-16(20)14-24(15-17-8-6-12-29-17)23(26)22-13-19(25)18-9-3-5-11-21(18)28-22/h2-13H,14-15H2,1H3. The van der Waals surface area contributed by atoms with Crippen molar-refractivity contribution in [1.29, 1.82) is 0 Å². The van der Waals surface area contributed by atoms with Crippen molar-refractivity contribution in [2.24, 2.45) is 0 Å². The number of ether oxygens (including phenoxy) is 1. The first-order valence-corrected chi connectivity index (χ1v) is 10.00. The summed E-state index contributed by atoms with van der Waals surface area (Å²) in [6, 6.07) is 19.7. The molecule has 0 N–H and O–H groups in total. The first kappa shape index (κ1) is 19.0. The maximum atomic E-state index is 13.3. The van der Waals surface area contributed by atoms with E-state index < -0.39 is 0 Å². The van der Waals surface area contributed by atoms with E-state index in [9.17, 15) is 9.59 Å². The Labute approximate surface area is 171 Å². The van der Waals surface area contributed by atoms with Gasteiger partial charge in [0.05, 0.1) is 25.6 Å². The van der Waals surface area contributed by atoms with Gasteiger partial charge in [-0.15, -0.1) is 11.3 Å². The first-order valence-electron chi connectivity index (χ1n) is 9.12. The fourth-order valence-corrected chi connectivity index (χ4v) is 3.91. The molecule has 5 nitrogen and oxygen atoms in total. The number of benzene rings is 2. The normalized spacial score (nSPS) is 10.8. The lowest BCUT2D eigenvalue weighted by molar-refractivity contribution is 0.0699. The molecule has 0 radical (unpaired) electrons. The van der Waals surface area contributed by atoms with Gasteiger partial charge in [-0.05, 0) is 29.6 Å². The van der Waals surface area contributed by atoms with Gasteiger partial charge < -0.3 is 14.1 Å². The van der Waals surface area contributed by atoms with Crippen LogP contribution in [0.5, 0.6) is 5.75 Å². The molecule has 1 amide bonds. The number of nitrogens with zero attached hydrogens (tertiary/aromatic N) is 1. The number of hydrogen-bond donors (Lipinski definition) is 0. The van der Waals surface area contributed by atoms with Crippen molar-refractivity contribution in [3.05, 3.63) is 98.5 Å². The minimum atomic E-state index is -0.341.